The Morgan fingerprint density at radius 2 is 1.91 bits per heavy atom. The van der Waals surface area contributed by atoms with E-state index in [1.54, 1.807) is 11.6 Å². The van der Waals surface area contributed by atoms with Gasteiger partial charge in [-0.15, -0.1) is 0 Å². The number of hydrogen-bond donors (Lipinski definition) is 1. The summed E-state index contributed by atoms with van der Waals surface area (Å²) in [6.07, 6.45) is 4.88. The number of amides is 1. The van der Waals surface area contributed by atoms with Crippen molar-refractivity contribution in [3.05, 3.63) is 51.9 Å². The third-order valence-corrected chi connectivity index (χ3v) is 5.81. The van der Waals surface area contributed by atoms with E-state index in [-0.39, 0.29) is 5.56 Å². The Labute approximate surface area is 197 Å². The molecule has 0 aliphatic carbocycles. The molecule has 1 aromatic carbocycles. The average Bonchev–Trinajstić information content (AvgIpc) is 3.22. The second kappa shape index (κ2) is 12.3. The topological polar surface area (TPSA) is 86.2 Å². The number of carbonyl (C=O) groups is 1. The highest BCUT2D eigenvalue weighted by Gasteiger charge is 2.22. The van der Waals surface area contributed by atoms with E-state index in [1.807, 2.05) is 63.9 Å². The lowest BCUT2D eigenvalue weighted by Crippen LogP contribution is -2.36. The molecule has 1 atom stereocenters. The molecule has 7 heteroatoms. The molecule has 0 bridgehead atoms. The zero-order valence-corrected chi connectivity index (χ0v) is 21.0. The van der Waals surface area contributed by atoms with Gasteiger partial charge in [0.25, 0.3) is 5.56 Å². The number of benzene rings is 1. The van der Waals surface area contributed by atoms with Crippen molar-refractivity contribution in [2.24, 2.45) is 18.7 Å². The molecule has 7 nitrogen and oxygen atoms in total. The molecule has 2 N–H and O–H groups in total. The standard InChI is InChI=1S/C22H27N5O2.2C2H6/c1-15-8-18(13-25(2)22(15)29)21-24-19-6-5-16(10-23)9-20(19)27(21)12-17-4-3-7-26(11-17)14-28;2*1-2/h5-6,8-9,13-14,17H,3-4,7,10-12,23H2,1-2H3;2*1-2H3. The Morgan fingerprint density at radius 3 is 2.55 bits per heavy atom. The number of piperidine rings is 1. The number of imidazole rings is 1. The molecule has 0 radical (unpaired) electrons. The number of rotatable bonds is 5. The third-order valence-electron chi connectivity index (χ3n) is 5.81. The second-order valence-electron chi connectivity index (χ2n) is 8.01. The van der Waals surface area contributed by atoms with Crippen LogP contribution in [0.1, 0.15) is 51.7 Å². The molecule has 33 heavy (non-hydrogen) atoms. The van der Waals surface area contributed by atoms with E-state index in [4.69, 9.17) is 10.7 Å². The largest absolute Gasteiger partial charge is 0.345 e. The van der Waals surface area contributed by atoms with Gasteiger partial charge in [-0.2, -0.15) is 0 Å². The van der Waals surface area contributed by atoms with E-state index in [1.165, 1.54) is 0 Å². The number of pyridine rings is 1. The van der Waals surface area contributed by atoms with Crippen LogP contribution in [-0.4, -0.2) is 38.5 Å². The number of nitrogens with two attached hydrogens (primary N) is 1. The molecule has 2 aromatic heterocycles. The van der Waals surface area contributed by atoms with E-state index >= 15 is 0 Å². The van der Waals surface area contributed by atoms with Gasteiger partial charge in [0.05, 0.1) is 11.0 Å². The molecule has 3 aromatic rings. The number of carbonyl (C=O) groups excluding carboxylic acids is 1. The SMILES string of the molecule is CC.CC.Cc1cc(-c2nc3ccc(CN)cc3n2CC2CCCN(C=O)C2)cn(C)c1=O. The maximum absolute atomic E-state index is 12.2. The van der Waals surface area contributed by atoms with Crippen LogP contribution in [-0.2, 0) is 24.9 Å². The minimum Gasteiger partial charge on any atom is -0.345 e. The Bertz CT molecular complexity index is 1090. The van der Waals surface area contributed by atoms with E-state index in [9.17, 15) is 9.59 Å². The van der Waals surface area contributed by atoms with Gasteiger partial charge in [-0.1, -0.05) is 33.8 Å². The first-order valence-electron chi connectivity index (χ1n) is 12.1. The summed E-state index contributed by atoms with van der Waals surface area (Å²) in [7, 11) is 1.77. The molecule has 1 amide bonds. The van der Waals surface area contributed by atoms with E-state index in [2.05, 4.69) is 10.6 Å². The lowest BCUT2D eigenvalue weighted by Gasteiger charge is -2.30. The summed E-state index contributed by atoms with van der Waals surface area (Å²) >= 11 is 0. The van der Waals surface area contributed by atoms with Crippen LogP contribution in [0.3, 0.4) is 0 Å². The normalized spacial score (nSPS) is 15.4. The number of aryl methyl sites for hydroxylation is 2. The number of fused-ring (bicyclic) bond motifs is 1. The summed E-state index contributed by atoms with van der Waals surface area (Å²) in [5, 5.41) is 0. The average molecular weight is 454 g/mol. The van der Waals surface area contributed by atoms with Crippen LogP contribution in [0, 0.1) is 12.8 Å². The van der Waals surface area contributed by atoms with Crippen LogP contribution in [0.15, 0.2) is 35.3 Å². The smallest absolute Gasteiger partial charge is 0.253 e. The summed E-state index contributed by atoms with van der Waals surface area (Å²) in [6, 6.07) is 8.01. The maximum atomic E-state index is 12.2. The molecule has 1 fully saturated rings. The van der Waals surface area contributed by atoms with Crippen molar-refractivity contribution in [3.8, 4) is 11.4 Å². The van der Waals surface area contributed by atoms with Crippen molar-refractivity contribution < 1.29 is 4.79 Å². The fourth-order valence-electron chi connectivity index (χ4n) is 4.30. The van der Waals surface area contributed by atoms with Gasteiger partial charge in [0.2, 0.25) is 6.41 Å². The van der Waals surface area contributed by atoms with Crippen molar-refractivity contribution in [3.63, 3.8) is 0 Å². The van der Waals surface area contributed by atoms with Crippen LogP contribution >= 0.6 is 0 Å². The van der Waals surface area contributed by atoms with Crippen LogP contribution in [0.5, 0.6) is 0 Å². The Morgan fingerprint density at radius 1 is 1.18 bits per heavy atom. The molecule has 3 heterocycles. The van der Waals surface area contributed by atoms with Gasteiger partial charge in [0, 0.05) is 50.6 Å². The first-order valence-corrected chi connectivity index (χ1v) is 12.1. The summed E-state index contributed by atoms with van der Waals surface area (Å²) < 4.78 is 3.83. The molecule has 1 aliphatic heterocycles. The van der Waals surface area contributed by atoms with E-state index < -0.39 is 0 Å². The fraction of sp³-hybridized carbons (Fsp3) is 0.500. The Hall–Kier alpha value is -2.93. The summed E-state index contributed by atoms with van der Waals surface area (Å²) in [5.74, 6) is 1.20. The van der Waals surface area contributed by atoms with Crippen LogP contribution in [0.25, 0.3) is 22.4 Å². The molecule has 4 rings (SSSR count). The van der Waals surface area contributed by atoms with Gasteiger partial charge in [0.15, 0.2) is 0 Å². The zero-order valence-electron chi connectivity index (χ0n) is 21.0. The molecule has 180 valence electrons. The molecule has 1 aliphatic rings. The highest BCUT2D eigenvalue weighted by atomic mass is 16.1. The van der Waals surface area contributed by atoms with Crippen molar-refractivity contribution in [1.82, 2.24) is 19.0 Å². The summed E-state index contributed by atoms with van der Waals surface area (Å²) in [4.78, 5) is 30.2. The molecular weight excluding hydrogens is 414 g/mol. The predicted molar refractivity (Wildman–Crippen MR) is 136 cm³/mol. The minimum atomic E-state index is -0.00395. The first-order chi connectivity index (χ1) is 16.0. The second-order valence-corrected chi connectivity index (χ2v) is 8.01. The number of likely N-dealkylation sites (tertiary alicyclic amines) is 1. The summed E-state index contributed by atoms with van der Waals surface area (Å²) in [6.45, 7) is 12.7. The maximum Gasteiger partial charge on any atom is 0.253 e. The lowest BCUT2D eigenvalue weighted by molar-refractivity contribution is -0.119. The van der Waals surface area contributed by atoms with Crippen LogP contribution in [0.2, 0.25) is 0 Å². The van der Waals surface area contributed by atoms with Gasteiger partial charge in [0.1, 0.15) is 5.82 Å². The van der Waals surface area contributed by atoms with Crippen molar-refractivity contribution in [1.29, 1.82) is 0 Å². The predicted octanol–water partition coefficient (Wildman–Crippen LogP) is 4.09. The molecule has 0 spiro atoms. The van der Waals surface area contributed by atoms with Crippen LogP contribution < -0.4 is 11.3 Å². The van der Waals surface area contributed by atoms with E-state index in [0.29, 0.717) is 18.0 Å². The Kier molecular flexibility index (Phi) is 9.85. The van der Waals surface area contributed by atoms with E-state index in [0.717, 1.165) is 66.9 Å². The monoisotopic (exact) mass is 453 g/mol. The molecule has 1 unspecified atom stereocenters. The van der Waals surface area contributed by atoms with Crippen molar-refractivity contribution in [2.75, 3.05) is 13.1 Å². The number of nitrogens with zero attached hydrogens (tertiary/aromatic N) is 4. The van der Waals surface area contributed by atoms with Crippen molar-refractivity contribution >= 4 is 17.4 Å². The van der Waals surface area contributed by atoms with Crippen molar-refractivity contribution in [2.45, 2.75) is 60.5 Å². The molecule has 1 saturated heterocycles. The fourth-order valence-corrected chi connectivity index (χ4v) is 4.30. The quantitative estimate of drug-likeness (QED) is 0.590. The molecule has 0 saturated carbocycles. The van der Waals surface area contributed by atoms with Gasteiger partial charge < -0.3 is 19.8 Å². The third kappa shape index (κ3) is 5.90. The van der Waals surface area contributed by atoms with Gasteiger partial charge >= 0.3 is 0 Å². The van der Waals surface area contributed by atoms with Gasteiger partial charge in [-0.3, -0.25) is 9.59 Å². The minimum absolute atomic E-state index is 0.00395. The number of hydrogen-bond acceptors (Lipinski definition) is 4. The van der Waals surface area contributed by atoms with Gasteiger partial charge in [-0.05, 0) is 49.4 Å². The first kappa shape index (κ1) is 26.3. The highest BCUT2D eigenvalue weighted by Crippen LogP contribution is 2.28. The zero-order chi connectivity index (χ0) is 24.5. The van der Waals surface area contributed by atoms with Gasteiger partial charge in [-0.25, -0.2) is 4.98 Å². The van der Waals surface area contributed by atoms with Crippen LogP contribution in [0.4, 0.5) is 0 Å². The lowest BCUT2D eigenvalue weighted by atomic mass is 9.98. The number of aromatic nitrogens is 3. The Balaban J connectivity index is 0.000000914. The summed E-state index contributed by atoms with van der Waals surface area (Å²) in [5.41, 5.74) is 10.5. The molecular formula is C26H39N5O2. The highest BCUT2D eigenvalue weighted by molar-refractivity contribution is 5.81.